The zero-order valence-corrected chi connectivity index (χ0v) is 17.7. The van der Waals surface area contributed by atoms with Gasteiger partial charge in [0.2, 0.25) is 0 Å². The molecular weight excluding hydrogens is 420 g/mol. The Balaban J connectivity index is 2.06. The van der Waals surface area contributed by atoms with E-state index < -0.39 is 10.0 Å². The van der Waals surface area contributed by atoms with Crippen molar-refractivity contribution in [2.75, 3.05) is 26.1 Å². The Kier molecular flexibility index (Phi) is 5.90. The van der Waals surface area contributed by atoms with E-state index in [0.29, 0.717) is 23.0 Å². The molecule has 0 aliphatic carbocycles. The van der Waals surface area contributed by atoms with Crippen molar-refractivity contribution in [3.05, 3.63) is 47.4 Å². The fourth-order valence-electron chi connectivity index (χ4n) is 2.67. The molecule has 154 valence electrons. The van der Waals surface area contributed by atoms with Crippen molar-refractivity contribution in [2.24, 2.45) is 0 Å². The Morgan fingerprint density at radius 1 is 1.00 bits per heavy atom. The molecule has 0 amide bonds. The second-order valence-corrected chi connectivity index (χ2v) is 7.96. The first kappa shape index (κ1) is 20.8. The molecule has 1 aromatic heterocycles. The van der Waals surface area contributed by atoms with E-state index in [2.05, 4.69) is 9.71 Å². The third kappa shape index (κ3) is 4.25. The summed E-state index contributed by atoms with van der Waals surface area (Å²) in [6.07, 6.45) is 1.52. The predicted octanol–water partition coefficient (Wildman–Crippen LogP) is 4.13. The predicted molar refractivity (Wildman–Crippen MR) is 109 cm³/mol. The molecule has 0 spiro atoms. The molecule has 0 saturated carbocycles. The number of ether oxygens (including phenoxy) is 3. The molecule has 0 radical (unpaired) electrons. The third-order valence-electron chi connectivity index (χ3n) is 4.08. The van der Waals surface area contributed by atoms with Crippen molar-refractivity contribution in [1.82, 2.24) is 4.98 Å². The molecule has 0 unspecified atom stereocenters. The minimum absolute atomic E-state index is 0.0828. The highest BCUT2D eigenvalue weighted by Gasteiger charge is 2.24. The molecule has 29 heavy (non-hydrogen) atoms. The van der Waals surface area contributed by atoms with Crippen molar-refractivity contribution in [3.8, 4) is 28.6 Å². The first-order chi connectivity index (χ1) is 13.8. The highest BCUT2D eigenvalue weighted by atomic mass is 35.5. The summed E-state index contributed by atoms with van der Waals surface area (Å²) < 4.78 is 49.9. The van der Waals surface area contributed by atoms with Gasteiger partial charge in [0.15, 0.2) is 11.7 Å². The number of oxazole rings is 1. The van der Waals surface area contributed by atoms with Gasteiger partial charge < -0.3 is 18.6 Å². The molecule has 0 aliphatic rings. The summed E-state index contributed by atoms with van der Waals surface area (Å²) in [7, 11) is 0.182. The van der Waals surface area contributed by atoms with Crippen molar-refractivity contribution in [3.63, 3.8) is 0 Å². The fraction of sp³-hybridized carbons (Fsp3) is 0.211. The number of aryl methyl sites for hydroxylation is 1. The van der Waals surface area contributed by atoms with Crippen LogP contribution in [0.15, 0.2) is 45.8 Å². The van der Waals surface area contributed by atoms with E-state index in [9.17, 15) is 8.42 Å². The van der Waals surface area contributed by atoms with Crippen LogP contribution in [0.25, 0.3) is 11.3 Å². The van der Waals surface area contributed by atoms with Gasteiger partial charge in [-0.2, -0.15) is 0 Å². The van der Waals surface area contributed by atoms with Gasteiger partial charge in [0, 0.05) is 18.6 Å². The number of aromatic nitrogens is 1. The molecule has 1 N–H and O–H groups in total. The van der Waals surface area contributed by atoms with Crippen LogP contribution in [-0.2, 0) is 10.0 Å². The topological polar surface area (TPSA) is 99.9 Å². The van der Waals surface area contributed by atoms with Crippen LogP contribution in [-0.4, -0.2) is 34.7 Å². The first-order valence-corrected chi connectivity index (χ1v) is 10.2. The lowest BCUT2D eigenvalue weighted by Crippen LogP contribution is -2.15. The number of hydrogen-bond donors (Lipinski definition) is 1. The van der Waals surface area contributed by atoms with E-state index in [0.717, 1.165) is 0 Å². The summed E-state index contributed by atoms with van der Waals surface area (Å²) >= 11 is 6.14. The van der Waals surface area contributed by atoms with Crippen molar-refractivity contribution >= 4 is 27.3 Å². The van der Waals surface area contributed by atoms with Gasteiger partial charge in [-0.25, -0.2) is 13.4 Å². The van der Waals surface area contributed by atoms with Crippen LogP contribution in [0.2, 0.25) is 5.02 Å². The summed E-state index contributed by atoms with van der Waals surface area (Å²) in [5.74, 6) is 1.67. The van der Waals surface area contributed by atoms with Gasteiger partial charge in [0.05, 0.1) is 38.2 Å². The minimum Gasteiger partial charge on any atom is -0.495 e. The van der Waals surface area contributed by atoms with Crippen LogP contribution in [0.4, 0.5) is 5.69 Å². The summed E-state index contributed by atoms with van der Waals surface area (Å²) in [5, 5.41) is 0.226. The van der Waals surface area contributed by atoms with Crippen LogP contribution in [0, 0.1) is 6.92 Å². The van der Waals surface area contributed by atoms with Crippen LogP contribution in [0.5, 0.6) is 17.2 Å². The molecule has 0 bridgehead atoms. The van der Waals surface area contributed by atoms with E-state index in [1.54, 1.807) is 19.1 Å². The lowest BCUT2D eigenvalue weighted by Gasteiger charge is -2.16. The van der Waals surface area contributed by atoms with Crippen molar-refractivity contribution < 1.29 is 27.0 Å². The van der Waals surface area contributed by atoms with E-state index in [1.165, 1.54) is 45.7 Å². The quantitative estimate of drug-likeness (QED) is 0.591. The normalized spacial score (nSPS) is 11.2. The molecule has 10 heteroatoms. The first-order valence-electron chi connectivity index (χ1n) is 8.34. The van der Waals surface area contributed by atoms with Crippen LogP contribution < -0.4 is 18.9 Å². The van der Waals surface area contributed by atoms with Gasteiger partial charge in [-0.1, -0.05) is 11.6 Å². The number of methoxy groups -OCH3 is 3. The van der Waals surface area contributed by atoms with Crippen molar-refractivity contribution in [2.45, 2.75) is 11.8 Å². The molecule has 8 nitrogen and oxygen atoms in total. The third-order valence-corrected chi connectivity index (χ3v) is 5.76. The van der Waals surface area contributed by atoms with E-state index in [-0.39, 0.29) is 27.1 Å². The second-order valence-electron chi connectivity index (χ2n) is 5.90. The van der Waals surface area contributed by atoms with Gasteiger partial charge >= 0.3 is 0 Å². The maximum Gasteiger partial charge on any atom is 0.265 e. The molecule has 3 rings (SSSR count). The van der Waals surface area contributed by atoms with Gasteiger partial charge in [-0.05, 0) is 24.3 Å². The molecule has 2 aromatic carbocycles. The molecular formula is C19H19ClN2O6S. The van der Waals surface area contributed by atoms with Crippen LogP contribution in [0.3, 0.4) is 0 Å². The Morgan fingerprint density at radius 3 is 2.28 bits per heavy atom. The molecule has 1 heterocycles. The highest BCUT2D eigenvalue weighted by molar-refractivity contribution is 7.92. The standard InChI is InChI=1S/C19H19ClN2O6S/c1-11-21-10-18(28-11)12-5-6-15(25-2)19(7-12)29(23,24)22-14-8-13(20)16(26-3)9-17(14)27-4/h5-10,22H,1-4H3. The van der Waals surface area contributed by atoms with Gasteiger partial charge in [0.1, 0.15) is 22.1 Å². The summed E-state index contributed by atoms with van der Waals surface area (Å²) in [4.78, 5) is 3.96. The monoisotopic (exact) mass is 438 g/mol. The second kappa shape index (κ2) is 8.22. The SMILES string of the molecule is COc1cc(OC)c(NS(=O)(=O)c2cc(-c3cnc(C)o3)ccc2OC)cc1Cl. The maximum absolute atomic E-state index is 13.1. The number of hydrogen-bond acceptors (Lipinski definition) is 7. The number of nitrogens with one attached hydrogen (secondary N) is 1. The lowest BCUT2D eigenvalue weighted by atomic mass is 10.2. The molecule has 0 atom stereocenters. The average Bonchev–Trinajstić information content (AvgIpc) is 3.13. The van der Waals surface area contributed by atoms with Gasteiger partial charge in [0.25, 0.3) is 10.0 Å². The maximum atomic E-state index is 13.1. The van der Waals surface area contributed by atoms with Gasteiger partial charge in [-0.3, -0.25) is 4.72 Å². The number of nitrogens with zero attached hydrogens (tertiary/aromatic N) is 1. The largest absolute Gasteiger partial charge is 0.495 e. The number of rotatable bonds is 7. The van der Waals surface area contributed by atoms with Crippen LogP contribution >= 0.6 is 11.6 Å². The van der Waals surface area contributed by atoms with E-state index in [4.69, 9.17) is 30.2 Å². The van der Waals surface area contributed by atoms with Crippen molar-refractivity contribution in [1.29, 1.82) is 0 Å². The number of halogens is 1. The Morgan fingerprint density at radius 2 is 1.69 bits per heavy atom. The van der Waals surface area contributed by atoms with Crippen LogP contribution in [0.1, 0.15) is 5.89 Å². The Labute approximate surface area is 173 Å². The number of benzene rings is 2. The Bertz CT molecular complexity index is 1140. The fourth-order valence-corrected chi connectivity index (χ4v) is 4.17. The molecule has 0 saturated heterocycles. The lowest BCUT2D eigenvalue weighted by molar-refractivity contribution is 0.395. The molecule has 3 aromatic rings. The Hall–Kier alpha value is -2.91. The zero-order valence-electron chi connectivity index (χ0n) is 16.1. The van der Waals surface area contributed by atoms with E-state index >= 15 is 0 Å². The smallest absolute Gasteiger partial charge is 0.265 e. The van der Waals surface area contributed by atoms with E-state index in [1.807, 2.05) is 0 Å². The summed E-state index contributed by atoms with van der Waals surface area (Å²) in [6, 6.07) is 7.57. The van der Waals surface area contributed by atoms with Gasteiger partial charge in [-0.15, -0.1) is 0 Å². The minimum atomic E-state index is -4.07. The summed E-state index contributed by atoms with van der Waals surface area (Å²) in [6.45, 7) is 1.70. The number of anilines is 1. The summed E-state index contributed by atoms with van der Waals surface area (Å²) in [5.41, 5.74) is 0.688. The molecule has 0 fully saturated rings. The molecule has 0 aliphatic heterocycles. The highest BCUT2D eigenvalue weighted by Crippen LogP contribution is 2.38. The average molecular weight is 439 g/mol. The number of sulfonamides is 1. The zero-order chi connectivity index (χ0) is 21.2.